The molecule has 0 aliphatic heterocycles. The minimum Gasteiger partial charge on any atom is -0.327 e. The van der Waals surface area contributed by atoms with Crippen molar-refractivity contribution >= 4 is 11.6 Å². The summed E-state index contributed by atoms with van der Waals surface area (Å²) < 4.78 is 13.1. The van der Waals surface area contributed by atoms with E-state index in [4.69, 9.17) is 17.3 Å². The van der Waals surface area contributed by atoms with Gasteiger partial charge < -0.3 is 5.73 Å². The van der Waals surface area contributed by atoms with E-state index in [0.29, 0.717) is 5.92 Å². The van der Waals surface area contributed by atoms with E-state index in [9.17, 15) is 4.39 Å². The van der Waals surface area contributed by atoms with Crippen molar-refractivity contribution in [3.63, 3.8) is 0 Å². The highest BCUT2D eigenvalue weighted by Gasteiger charge is 2.19. The molecule has 1 aliphatic rings. The van der Waals surface area contributed by atoms with E-state index in [-0.39, 0.29) is 16.9 Å². The Kier molecular flexibility index (Phi) is 5.65. The Bertz CT molecular complexity index is 400. The van der Waals surface area contributed by atoms with Crippen LogP contribution in [-0.2, 0) is 6.42 Å². The highest BCUT2D eigenvalue weighted by molar-refractivity contribution is 6.30. The second-order valence-electron chi connectivity index (χ2n) is 5.72. The first-order valence-electron chi connectivity index (χ1n) is 7.36. The number of nitrogens with two attached hydrogens (primary N) is 1. The summed E-state index contributed by atoms with van der Waals surface area (Å²) in [5.41, 5.74) is 7.39. The fourth-order valence-electron chi connectivity index (χ4n) is 3.02. The van der Waals surface area contributed by atoms with Crippen molar-refractivity contribution in [3.8, 4) is 0 Å². The number of hydrogen-bond acceptors (Lipinski definition) is 1. The van der Waals surface area contributed by atoms with E-state index in [2.05, 4.69) is 0 Å². The summed E-state index contributed by atoms with van der Waals surface area (Å²) in [6.07, 6.45) is 9.90. The van der Waals surface area contributed by atoms with E-state index in [1.54, 1.807) is 12.1 Å². The van der Waals surface area contributed by atoms with Crippen molar-refractivity contribution in [1.82, 2.24) is 0 Å². The van der Waals surface area contributed by atoms with Gasteiger partial charge in [-0.2, -0.15) is 0 Å². The molecule has 0 heterocycles. The van der Waals surface area contributed by atoms with Gasteiger partial charge in [0.15, 0.2) is 0 Å². The molecular weight excluding hydrogens is 261 g/mol. The van der Waals surface area contributed by atoms with Crippen molar-refractivity contribution in [3.05, 3.63) is 34.6 Å². The van der Waals surface area contributed by atoms with Crippen molar-refractivity contribution < 1.29 is 4.39 Å². The molecule has 1 nitrogen and oxygen atoms in total. The third-order valence-electron chi connectivity index (χ3n) is 4.21. The van der Waals surface area contributed by atoms with E-state index in [1.807, 2.05) is 0 Å². The fraction of sp³-hybridized carbons (Fsp3) is 0.625. The maximum atomic E-state index is 13.1. The Morgan fingerprint density at radius 2 is 1.79 bits per heavy atom. The molecule has 1 aromatic carbocycles. The molecule has 106 valence electrons. The van der Waals surface area contributed by atoms with Gasteiger partial charge >= 0.3 is 0 Å². The third-order valence-corrected chi connectivity index (χ3v) is 4.50. The second-order valence-corrected chi connectivity index (χ2v) is 6.13. The second kappa shape index (κ2) is 7.25. The standard InChI is InChI=1S/C16H23ClFN/c17-14-10-12(8-9-15(14)18)11-16(19)13-6-4-2-1-3-5-7-13/h8-10,13,16H,1-7,11,19H2. The zero-order valence-corrected chi connectivity index (χ0v) is 12.1. The van der Waals surface area contributed by atoms with Crippen LogP contribution < -0.4 is 5.73 Å². The van der Waals surface area contributed by atoms with Gasteiger partial charge in [0.05, 0.1) is 5.02 Å². The number of halogens is 2. The van der Waals surface area contributed by atoms with Gasteiger partial charge in [-0.05, 0) is 42.9 Å². The van der Waals surface area contributed by atoms with Crippen molar-refractivity contribution in [2.24, 2.45) is 11.7 Å². The molecule has 1 aliphatic carbocycles. The molecule has 0 spiro atoms. The smallest absolute Gasteiger partial charge is 0.141 e. The minimum absolute atomic E-state index is 0.166. The number of benzene rings is 1. The van der Waals surface area contributed by atoms with Gasteiger partial charge in [0, 0.05) is 6.04 Å². The molecule has 0 saturated heterocycles. The van der Waals surface area contributed by atoms with Crippen LogP contribution in [0.25, 0.3) is 0 Å². The van der Waals surface area contributed by atoms with Crippen LogP contribution in [0.1, 0.15) is 50.5 Å². The summed E-state index contributed by atoms with van der Waals surface area (Å²) in [6, 6.07) is 5.10. The van der Waals surface area contributed by atoms with Gasteiger partial charge in [-0.1, -0.05) is 49.8 Å². The van der Waals surface area contributed by atoms with Crippen LogP contribution >= 0.6 is 11.6 Å². The lowest BCUT2D eigenvalue weighted by molar-refractivity contribution is 0.322. The van der Waals surface area contributed by atoms with Gasteiger partial charge in [0.1, 0.15) is 5.82 Å². The molecule has 2 rings (SSSR count). The lowest BCUT2D eigenvalue weighted by Crippen LogP contribution is -2.32. The molecule has 1 atom stereocenters. The predicted molar refractivity (Wildman–Crippen MR) is 78.9 cm³/mol. The lowest BCUT2D eigenvalue weighted by Gasteiger charge is -2.26. The van der Waals surface area contributed by atoms with Gasteiger partial charge in [0.2, 0.25) is 0 Å². The van der Waals surface area contributed by atoms with E-state index >= 15 is 0 Å². The molecular formula is C16H23ClFN. The Hall–Kier alpha value is -0.600. The molecule has 1 aromatic rings. The van der Waals surface area contributed by atoms with Gasteiger partial charge in [-0.25, -0.2) is 4.39 Å². The summed E-state index contributed by atoms with van der Waals surface area (Å²) in [6.45, 7) is 0. The monoisotopic (exact) mass is 283 g/mol. The maximum Gasteiger partial charge on any atom is 0.141 e. The summed E-state index contributed by atoms with van der Waals surface area (Å²) in [5, 5.41) is 0.197. The SMILES string of the molecule is NC(Cc1ccc(F)c(Cl)c1)C1CCCCCCC1. The van der Waals surface area contributed by atoms with Crippen LogP contribution in [0.15, 0.2) is 18.2 Å². The molecule has 0 bridgehead atoms. The summed E-state index contributed by atoms with van der Waals surface area (Å²) >= 11 is 5.81. The normalized spacial score (nSPS) is 19.7. The molecule has 0 aromatic heterocycles. The average molecular weight is 284 g/mol. The summed E-state index contributed by atoms with van der Waals surface area (Å²) in [5.74, 6) is 0.245. The first-order chi connectivity index (χ1) is 9.16. The lowest BCUT2D eigenvalue weighted by atomic mass is 9.84. The molecule has 2 N–H and O–H groups in total. The zero-order chi connectivity index (χ0) is 13.7. The van der Waals surface area contributed by atoms with Gasteiger partial charge in [-0.15, -0.1) is 0 Å². The predicted octanol–water partition coefficient (Wildman–Crippen LogP) is 4.71. The van der Waals surface area contributed by atoms with Crippen LogP contribution in [0.3, 0.4) is 0 Å². The molecule has 0 radical (unpaired) electrons. The topological polar surface area (TPSA) is 26.0 Å². The quantitative estimate of drug-likeness (QED) is 0.854. The Labute approximate surface area is 120 Å². The highest BCUT2D eigenvalue weighted by atomic mass is 35.5. The van der Waals surface area contributed by atoms with Gasteiger partial charge in [0.25, 0.3) is 0 Å². The fourth-order valence-corrected chi connectivity index (χ4v) is 3.22. The first-order valence-corrected chi connectivity index (χ1v) is 7.74. The van der Waals surface area contributed by atoms with Crippen LogP contribution in [0.2, 0.25) is 5.02 Å². The van der Waals surface area contributed by atoms with E-state index in [1.165, 1.54) is 51.0 Å². The molecule has 0 amide bonds. The van der Waals surface area contributed by atoms with Crippen molar-refractivity contribution in [1.29, 1.82) is 0 Å². The average Bonchev–Trinajstić information content (AvgIpc) is 2.33. The van der Waals surface area contributed by atoms with Crippen LogP contribution in [0.4, 0.5) is 4.39 Å². The number of rotatable bonds is 3. The Morgan fingerprint density at radius 3 is 2.42 bits per heavy atom. The third kappa shape index (κ3) is 4.47. The zero-order valence-electron chi connectivity index (χ0n) is 11.4. The summed E-state index contributed by atoms with van der Waals surface area (Å²) in [7, 11) is 0. The van der Waals surface area contributed by atoms with Gasteiger partial charge in [-0.3, -0.25) is 0 Å². The molecule has 1 saturated carbocycles. The van der Waals surface area contributed by atoms with Crippen molar-refractivity contribution in [2.75, 3.05) is 0 Å². The summed E-state index contributed by atoms with van der Waals surface area (Å²) in [4.78, 5) is 0. The number of hydrogen-bond donors (Lipinski definition) is 1. The van der Waals surface area contributed by atoms with Crippen molar-refractivity contribution in [2.45, 2.75) is 57.4 Å². The minimum atomic E-state index is -0.357. The van der Waals surface area contributed by atoms with Crippen LogP contribution in [0.5, 0.6) is 0 Å². The Balaban J connectivity index is 1.94. The maximum absolute atomic E-state index is 13.1. The molecule has 1 unspecified atom stereocenters. The molecule has 3 heteroatoms. The molecule has 19 heavy (non-hydrogen) atoms. The largest absolute Gasteiger partial charge is 0.327 e. The van der Waals surface area contributed by atoms with E-state index < -0.39 is 0 Å². The highest BCUT2D eigenvalue weighted by Crippen LogP contribution is 2.26. The van der Waals surface area contributed by atoms with E-state index in [0.717, 1.165) is 12.0 Å². The van der Waals surface area contributed by atoms with Crippen LogP contribution in [-0.4, -0.2) is 6.04 Å². The first kappa shape index (κ1) is 14.8. The van der Waals surface area contributed by atoms with Crippen LogP contribution in [0, 0.1) is 11.7 Å². The Morgan fingerprint density at radius 1 is 1.16 bits per heavy atom. The molecule has 1 fully saturated rings.